The predicted octanol–water partition coefficient (Wildman–Crippen LogP) is 2.97. The molecule has 0 aromatic heterocycles. The Balaban J connectivity index is 1.73. The molecule has 0 fully saturated rings. The number of aldehydes is 1. The highest BCUT2D eigenvalue weighted by atomic mass is 16.5. The Bertz CT molecular complexity index is 531. The van der Waals surface area contributed by atoms with Gasteiger partial charge in [0.05, 0.1) is 7.11 Å². The van der Waals surface area contributed by atoms with Crippen molar-refractivity contribution in [1.82, 2.24) is 0 Å². The molecule has 0 saturated heterocycles. The van der Waals surface area contributed by atoms with Crippen molar-refractivity contribution in [3.8, 4) is 17.2 Å². The Morgan fingerprint density at radius 1 is 0.800 bits per heavy atom. The van der Waals surface area contributed by atoms with Crippen LogP contribution in [-0.4, -0.2) is 26.6 Å². The van der Waals surface area contributed by atoms with E-state index in [4.69, 9.17) is 14.2 Å². The summed E-state index contributed by atoms with van der Waals surface area (Å²) in [7, 11) is 1.62. The van der Waals surface area contributed by atoms with E-state index in [2.05, 4.69) is 0 Å². The van der Waals surface area contributed by atoms with Gasteiger partial charge in [0.15, 0.2) is 0 Å². The van der Waals surface area contributed by atoms with Crippen LogP contribution in [0.1, 0.15) is 10.4 Å². The lowest BCUT2D eigenvalue weighted by Gasteiger charge is -2.09. The van der Waals surface area contributed by atoms with Crippen molar-refractivity contribution in [3.63, 3.8) is 0 Å². The molecule has 104 valence electrons. The predicted molar refractivity (Wildman–Crippen MR) is 75.8 cm³/mol. The highest BCUT2D eigenvalue weighted by molar-refractivity contribution is 5.74. The number of methoxy groups -OCH3 is 1. The summed E-state index contributed by atoms with van der Waals surface area (Å²) in [5.41, 5.74) is 0.631. The maximum absolute atomic E-state index is 10.5. The molecule has 2 aromatic carbocycles. The van der Waals surface area contributed by atoms with E-state index in [9.17, 15) is 4.79 Å². The largest absolute Gasteiger partial charge is 0.497 e. The van der Waals surface area contributed by atoms with Crippen molar-refractivity contribution in [1.29, 1.82) is 0 Å². The minimum atomic E-state index is 0.437. The smallest absolute Gasteiger partial charge is 0.150 e. The van der Waals surface area contributed by atoms with Gasteiger partial charge in [0.2, 0.25) is 0 Å². The number of rotatable bonds is 7. The van der Waals surface area contributed by atoms with E-state index in [0.717, 1.165) is 17.8 Å². The number of carbonyl (C=O) groups is 1. The summed E-state index contributed by atoms with van der Waals surface area (Å²) >= 11 is 0. The van der Waals surface area contributed by atoms with Crippen LogP contribution in [0, 0.1) is 0 Å². The van der Waals surface area contributed by atoms with Gasteiger partial charge in [0.25, 0.3) is 0 Å². The second-order valence-corrected chi connectivity index (χ2v) is 4.06. The lowest BCUT2D eigenvalue weighted by molar-refractivity contribution is 0.112. The van der Waals surface area contributed by atoms with Gasteiger partial charge >= 0.3 is 0 Å². The SMILES string of the molecule is COc1ccc(OCCOc2ccc(C=O)cc2)cc1. The molecule has 2 rings (SSSR count). The van der Waals surface area contributed by atoms with Crippen LogP contribution in [0.3, 0.4) is 0 Å². The van der Waals surface area contributed by atoms with Crippen molar-refractivity contribution >= 4 is 6.29 Å². The van der Waals surface area contributed by atoms with Crippen LogP contribution < -0.4 is 14.2 Å². The fraction of sp³-hybridized carbons (Fsp3) is 0.188. The molecule has 0 saturated carbocycles. The van der Waals surface area contributed by atoms with E-state index in [0.29, 0.717) is 24.5 Å². The molecule has 0 radical (unpaired) electrons. The summed E-state index contributed by atoms with van der Waals surface area (Å²) in [4.78, 5) is 10.5. The molecule has 0 atom stereocenters. The van der Waals surface area contributed by atoms with Gasteiger partial charge in [-0.15, -0.1) is 0 Å². The quantitative estimate of drug-likeness (QED) is 0.574. The van der Waals surface area contributed by atoms with Crippen molar-refractivity contribution in [2.24, 2.45) is 0 Å². The molecule has 4 heteroatoms. The number of hydrogen-bond donors (Lipinski definition) is 0. The number of carbonyl (C=O) groups excluding carboxylic acids is 1. The number of benzene rings is 2. The molecule has 0 aliphatic carbocycles. The van der Waals surface area contributed by atoms with Gasteiger partial charge < -0.3 is 14.2 Å². The third-order valence-electron chi connectivity index (χ3n) is 2.70. The van der Waals surface area contributed by atoms with E-state index < -0.39 is 0 Å². The maximum atomic E-state index is 10.5. The summed E-state index contributed by atoms with van der Waals surface area (Å²) in [6.07, 6.45) is 0.802. The Morgan fingerprint density at radius 3 is 1.70 bits per heavy atom. The van der Waals surface area contributed by atoms with Crippen molar-refractivity contribution in [2.75, 3.05) is 20.3 Å². The molecule has 0 aliphatic heterocycles. The Hall–Kier alpha value is -2.49. The van der Waals surface area contributed by atoms with Crippen LogP contribution in [0.4, 0.5) is 0 Å². The van der Waals surface area contributed by atoms with Crippen LogP contribution in [0.25, 0.3) is 0 Å². The second kappa shape index (κ2) is 7.19. The highest BCUT2D eigenvalue weighted by Crippen LogP contribution is 2.17. The molecule has 0 N–H and O–H groups in total. The zero-order valence-corrected chi connectivity index (χ0v) is 11.2. The van der Waals surface area contributed by atoms with Crippen molar-refractivity contribution < 1.29 is 19.0 Å². The molecule has 0 unspecified atom stereocenters. The minimum absolute atomic E-state index is 0.437. The van der Waals surface area contributed by atoms with Gasteiger partial charge in [-0.1, -0.05) is 0 Å². The Morgan fingerprint density at radius 2 is 1.25 bits per heavy atom. The highest BCUT2D eigenvalue weighted by Gasteiger charge is 1.97. The summed E-state index contributed by atoms with van der Waals surface area (Å²) in [6, 6.07) is 14.3. The summed E-state index contributed by atoms with van der Waals surface area (Å²) in [6.45, 7) is 0.883. The van der Waals surface area contributed by atoms with E-state index in [1.54, 1.807) is 31.4 Å². The Kier molecular flexibility index (Phi) is 5.00. The molecule has 20 heavy (non-hydrogen) atoms. The lowest BCUT2D eigenvalue weighted by atomic mass is 10.2. The minimum Gasteiger partial charge on any atom is -0.497 e. The molecule has 4 nitrogen and oxygen atoms in total. The van der Waals surface area contributed by atoms with E-state index in [1.165, 1.54) is 0 Å². The number of ether oxygens (including phenoxy) is 3. The van der Waals surface area contributed by atoms with Gasteiger partial charge in [-0.05, 0) is 48.5 Å². The zero-order chi connectivity index (χ0) is 14.2. The first-order chi connectivity index (χ1) is 9.81. The molecule has 0 heterocycles. The summed E-state index contributed by atoms with van der Waals surface area (Å²) < 4.78 is 16.1. The molecular weight excluding hydrogens is 256 g/mol. The molecule has 0 amide bonds. The molecular formula is C16H16O4. The van der Waals surface area contributed by atoms with Crippen LogP contribution in [0.15, 0.2) is 48.5 Å². The third-order valence-corrected chi connectivity index (χ3v) is 2.70. The molecule has 0 spiro atoms. The standard InChI is InChI=1S/C16H16O4/c1-18-14-6-8-16(9-7-14)20-11-10-19-15-4-2-13(12-17)3-5-15/h2-9,12H,10-11H2,1H3. The van der Waals surface area contributed by atoms with Gasteiger partial charge in [-0.3, -0.25) is 4.79 Å². The lowest BCUT2D eigenvalue weighted by Crippen LogP contribution is -2.08. The fourth-order valence-electron chi connectivity index (χ4n) is 1.63. The van der Waals surface area contributed by atoms with Crippen molar-refractivity contribution in [2.45, 2.75) is 0 Å². The normalized spacial score (nSPS) is 9.85. The first-order valence-corrected chi connectivity index (χ1v) is 6.27. The van der Waals surface area contributed by atoms with Crippen molar-refractivity contribution in [3.05, 3.63) is 54.1 Å². The van der Waals surface area contributed by atoms with Crippen LogP contribution in [0.5, 0.6) is 17.2 Å². The topological polar surface area (TPSA) is 44.8 Å². The van der Waals surface area contributed by atoms with Gasteiger partial charge in [0.1, 0.15) is 36.7 Å². The third kappa shape index (κ3) is 4.02. The molecule has 0 aliphatic rings. The second-order valence-electron chi connectivity index (χ2n) is 4.06. The maximum Gasteiger partial charge on any atom is 0.150 e. The monoisotopic (exact) mass is 272 g/mol. The average Bonchev–Trinajstić information content (AvgIpc) is 2.53. The first kappa shape index (κ1) is 13.9. The Labute approximate surface area is 117 Å². The van der Waals surface area contributed by atoms with E-state index in [1.807, 2.05) is 24.3 Å². The average molecular weight is 272 g/mol. The molecule has 2 aromatic rings. The van der Waals surface area contributed by atoms with E-state index >= 15 is 0 Å². The van der Waals surface area contributed by atoms with Gasteiger partial charge in [-0.25, -0.2) is 0 Å². The summed E-state index contributed by atoms with van der Waals surface area (Å²) in [5.74, 6) is 2.28. The van der Waals surface area contributed by atoms with E-state index in [-0.39, 0.29) is 0 Å². The number of hydrogen-bond acceptors (Lipinski definition) is 4. The van der Waals surface area contributed by atoms with Crippen LogP contribution in [0.2, 0.25) is 0 Å². The summed E-state index contributed by atoms with van der Waals surface area (Å²) in [5, 5.41) is 0. The zero-order valence-electron chi connectivity index (χ0n) is 11.2. The van der Waals surface area contributed by atoms with Gasteiger partial charge in [0, 0.05) is 5.56 Å². The fourth-order valence-corrected chi connectivity index (χ4v) is 1.63. The van der Waals surface area contributed by atoms with Crippen LogP contribution in [-0.2, 0) is 0 Å². The van der Waals surface area contributed by atoms with Gasteiger partial charge in [-0.2, -0.15) is 0 Å². The van der Waals surface area contributed by atoms with Crippen LogP contribution >= 0.6 is 0 Å². The molecule has 0 bridgehead atoms. The first-order valence-electron chi connectivity index (χ1n) is 6.27.